The van der Waals surface area contributed by atoms with E-state index >= 15 is 0 Å². The molecule has 0 radical (unpaired) electrons. The molecule has 0 saturated heterocycles. The van der Waals surface area contributed by atoms with Crippen LogP contribution in [0.25, 0.3) is 11.2 Å². The molecule has 1 atom stereocenters. The summed E-state index contributed by atoms with van der Waals surface area (Å²) in [6.07, 6.45) is 0.655. The highest BCUT2D eigenvalue weighted by Gasteiger charge is 2.64. The molecule has 12 nitrogen and oxygen atoms in total. The van der Waals surface area contributed by atoms with Crippen molar-refractivity contribution in [3.63, 3.8) is 0 Å². The van der Waals surface area contributed by atoms with Gasteiger partial charge in [-0.15, -0.1) is 0 Å². The standard InChI is InChI=1S/C22H33N5O7/c1-13(2)32-19(28)30-7-15(8-31-20(29)33-14(3)4)34-22(9-21(22,5)6)10-27-12-26-16-17(23)24-11-25-18(16)27/h11-15H,7-10H2,1-6H3,(H2,23,24,25). The first-order valence-electron chi connectivity index (χ1n) is 11.2. The molecule has 1 unspecified atom stereocenters. The number of aromatic nitrogens is 4. The summed E-state index contributed by atoms with van der Waals surface area (Å²) < 4.78 is 28.8. The van der Waals surface area contributed by atoms with Crippen LogP contribution >= 0.6 is 0 Å². The highest BCUT2D eigenvalue weighted by molar-refractivity contribution is 5.81. The summed E-state index contributed by atoms with van der Waals surface area (Å²) in [6.45, 7) is 11.1. The van der Waals surface area contributed by atoms with Gasteiger partial charge in [0.05, 0.1) is 30.7 Å². The highest BCUT2D eigenvalue weighted by Crippen LogP contribution is 2.60. The van der Waals surface area contributed by atoms with Crippen LogP contribution in [-0.4, -0.2) is 69.0 Å². The van der Waals surface area contributed by atoms with Crippen LogP contribution < -0.4 is 5.73 Å². The van der Waals surface area contributed by atoms with E-state index in [4.69, 9.17) is 29.4 Å². The minimum Gasteiger partial charge on any atom is -0.432 e. The van der Waals surface area contributed by atoms with E-state index in [2.05, 4.69) is 28.8 Å². The number of ether oxygens (including phenoxy) is 5. The summed E-state index contributed by atoms with van der Waals surface area (Å²) in [5, 5.41) is 0. The normalized spacial score (nSPS) is 19.0. The number of nitrogens with zero attached hydrogens (tertiary/aromatic N) is 4. The Bertz CT molecular complexity index is 996. The molecular formula is C22H33N5O7. The van der Waals surface area contributed by atoms with E-state index in [0.29, 0.717) is 29.9 Å². The second-order valence-corrected chi connectivity index (χ2v) is 9.55. The third-order valence-electron chi connectivity index (χ3n) is 5.52. The fourth-order valence-corrected chi connectivity index (χ4v) is 3.68. The van der Waals surface area contributed by atoms with Crippen molar-refractivity contribution in [1.29, 1.82) is 0 Å². The van der Waals surface area contributed by atoms with Crippen LogP contribution in [0.4, 0.5) is 15.4 Å². The van der Waals surface area contributed by atoms with Crippen molar-refractivity contribution < 1.29 is 33.3 Å². The molecule has 0 spiro atoms. The Morgan fingerprint density at radius 3 is 2.09 bits per heavy atom. The average molecular weight is 480 g/mol. The Morgan fingerprint density at radius 1 is 1.03 bits per heavy atom. The fourth-order valence-electron chi connectivity index (χ4n) is 3.68. The number of hydrogen-bond acceptors (Lipinski definition) is 11. The molecule has 2 aromatic heterocycles. The van der Waals surface area contributed by atoms with Gasteiger partial charge in [0, 0.05) is 0 Å². The van der Waals surface area contributed by atoms with Crippen LogP contribution in [-0.2, 0) is 30.2 Å². The first kappa shape index (κ1) is 25.5. The summed E-state index contributed by atoms with van der Waals surface area (Å²) in [5.41, 5.74) is 6.14. The summed E-state index contributed by atoms with van der Waals surface area (Å²) in [5.74, 6) is 0.292. The second-order valence-electron chi connectivity index (χ2n) is 9.55. The Kier molecular flexibility index (Phi) is 7.49. The van der Waals surface area contributed by atoms with Gasteiger partial charge in [0.15, 0.2) is 11.5 Å². The molecule has 2 heterocycles. The third-order valence-corrected chi connectivity index (χ3v) is 5.52. The first-order chi connectivity index (χ1) is 15.9. The third kappa shape index (κ3) is 6.04. The number of nitrogen functional groups attached to an aromatic ring is 1. The fraction of sp³-hybridized carbons (Fsp3) is 0.682. The quantitative estimate of drug-likeness (QED) is 0.501. The van der Waals surface area contributed by atoms with Gasteiger partial charge in [-0.25, -0.2) is 24.5 Å². The van der Waals surface area contributed by atoms with E-state index in [1.54, 1.807) is 34.0 Å². The zero-order valence-electron chi connectivity index (χ0n) is 20.4. The van der Waals surface area contributed by atoms with E-state index in [0.717, 1.165) is 0 Å². The van der Waals surface area contributed by atoms with Crippen molar-refractivity contribution in [3.05, 3.63) is 12.7 Å². The van der Waals surface area contributed by atoms with Crippen LogP contribution in [0.1, 0.15) is 48.0 Å². The SMILES string of the molecule is CC(C)OC(=O)OCC(COC(=O)OC(C)C)OC1(Cn2cnc3c(N)ncnc32)CC1(C)C. The van der Waals surface area contributed by atoms with Crippen molar-refractivity contribution in [3.8, 4) is 0 Å². The molecule has 3 rings (SSSR count). The summed E-state index contributed by atoms with van der Waals surface area (Å²) >= 11 is 0. The zero-order valence-corrected chi connectivity index (χ0v) is 20.4. The summed E-state index contributed by atoms with van der Waals surface area (Å²) in [6, 6.07) is 0. The van der Waals surface area contributed by atoms with Crippen LogP contribution in [0.2, 0.25) is 0 Å². The van der Waals surface area contributed by atoms with Gasteiger partial charge in [0.25, 0.3) is 0 Å². The molecule has 1 saturated carbocycles. The lowest BCUT2D eigenvalue weighted by Gasteiger charge is -2.28. The molecule has 0 aromatic carbocycles. The van der Waals surface area contributed by atoms with Gasteiger partial charge in [-0.2, -0.15) is 0 Å². The van der Waals surface area contributed by atoms with Crippen molar-refractivity contribution in [1.82, 2.24) is 19.5 Å². The molecule has 188 valence electrons. The van der Waals surface area contributed by atoms with Crippen molar-refractivity contribution in [2.75, 3.05) is 18.9 Å². The molecule has 1 aliphatic rings. The van der Waals surface area contributed by atoms with Gasteiger partial charge in [-0.3, -0.25) is 0 Å². The number of imidazole rings is 1. The Hall–Kier alpha value is -3.15. The number of fused-ring (bicyclic) bond motifs is 1. The van der Waals surface area contributed by atoms with E-state index in [1.807, 2.05) is 4.57 Å². The number of anilines is 1. The number of carbonyl (C=O) groups excluding carboxylic acids is 2. The van der Waals surface area contributed by atoms with Gasteiger partial charge in [-0.1, -0.05) is 13.8 Å². The number of carbonyl (C=O) groups is 2. The van der Waals surface area contributed by atoms with Gasteiger partial charge in [0.1, 0.15) is 31.2 Å². The van der Waals surface area contributed by atoms with Gasteiger partial charge < -0.3 is 34.0 Å². The van der Waals surface area contributed by atoms with Crippen molar-refractivity contribution >= 4 is 29.3 Å². The lowest BCUT2D eigenvalue weighted by atomic mass is 10.1. The molecule has 0 amide bonds. The van der Waals surface area contributed by atoms with Crippen LogP contribution in [0.15, 0.2) is 12.7 Å². The molecule has 1 aliphatic carbocycles. The molecule has 0 aliphatic heterocycles. The van der Waals surface area contributed by atoms with Gasteiger partial charge >= 0.3 is 12.3 Å². The Labute approximate surface area is 198 Å². The summed E-state index contributed by atoms with van der Waals surface area (Å²) in [7, 11) is 0. The van der Waals surface area contributed by atoms with Gasteiger partial charge in [-0.05, 0) is 39.5 Å². The summed E-state index contributed by atoms with van der Waals surface area (Å²) in [4.78, 5) is 36.4. The molecule has 0 bridgehead atoms. The predicted octanol–water partition coefficient (Wildman–Crippen LogP) is 3.09. The maximum absolute atomic E-state index is 11.9. The smallest absolute Gasteiger partial charge is 0.432 e. The van der Waals surface area contributed by atoms with E-state index < -0.39 is 24.0 Å². The largest absolute Gasteiger partial charge is 0.508 e. The molecule has 1 fully saturated rings. The Morgan fingerprint density at radius 2 is 1.59 bits per heavy atom. The maximum atomic E-state index is 11.9. The van der Waals surface area contributed by atoms with Crippen LogP contribution in [0.3, 0.4) is 0 Å². The molecular weight excluding hydrogens is 446 g/mol. The second kappa shape index (κ2) is 10.00. The van der Waals surface area contributed by atoms with Gasteiger partial charge in [0.2, 0.25) is 0 Å². The topological polar surface area (TPSA) is 150 Å². The first-order valence-corrected chi connectivity index (χ1v) is 11.2. The van der Waals surface area contributed by atoms with Crippen LogP contribution in [0.5, 0.6) is 0 Å². The number of hydrogen-bond donors (Lipinski definition) is 1. The molecule has 2 N–H and O–H groups in total. The lowest BCUT2D eigenvalue weighted by molar-refractivity contribution is -0.111. The average Bonchev–Trinajstić information content (AvgIpc) is 3.02. The minimum absolute atomic E-state index is 0.169. The monoisotopic (exact) mass is 479 g/mol. The minimum atomic E-state index is -0.828. The number of nitrogens with two attached hydrogens (primary N) is 1. The lowest BCUT2D eigenvalue weighted by Crippen LogP contribution is -2.38. The van der Waals surface area contributed by atoms with Crippen LogP contribution in [0, 0.1) is 5.41 Å². The zero-order chi connectivity index (χ0) is 25.1. The van der Waals surface area contributed by atoms with E-state index in [-0.39, 0.29) is 30.8 Å². The van der Waals surface area contributed by atoms with Crippen molar-refractivity contribution in [2.45, 2.75) is 78.4 Å². The molecule has 34 heavy (non-hydrogen) atoms. The predicted molar refractivity (Wildman–Crippen MR) is 121 cm³/mol. The van der Waals surface area contributed by atoms with E-state index in [9.17, 15) is 9.59 Å². The molecule has 2 aromatic rings. The van der Waals surface area contributed by atoms with E-state index in [1.165, 1.54) is 6.33 Å². The Balaban J connectivity index is 1.75. The molecule has 12 heteroatoms. The van der Waals surface area contributed by atoms with Crippen molar-refractivity contribution in [2.24, 2.45) is 5.41 Å². The number of rotatable bonds is 10. The maximum Gasteiger partial charge on any atom is 0.508 e. The highest BCUT2D eigenvalue weighted by atomic mass is 16.7.